The lowest BCUT2D eigenvalue weighted by Gasteiger charge is -2.35. The number of halogens is 2. The molecule has 9 heteroatoms. The van der Waals surface area contributed by atoms with Gasteiger partial charge in [-0.1, -0.05) is 12.1 Å². The molecule has 0 N–H and O–H groups in total. The Hall–Kier alpha value is -3.66. The Bertz CT molecular complexity index is 1490. The van der Waals surface area contributed by atoms with Crippen LogP contribution in [0.5, 0.6) is 5.75 Å². The Labute approximate surface area is 233 Å². The van der Waals surface area contributed by atoms with Crippen LogP contribution in [0.25, 0.3) is 33.4 Å². The van der Waals surface area contributed by atoms with Gasteiger partial charge in [-0.05, 0) is 49.0 Å². The number of rotatable bonds is 6. The molecular weight excluding hydrogens is 512 g/mol. The third kappa shape index (κ3) is 5.37. The van der Waals surface area contributed by atoms with Gasteiger partial charge in [0.15, 0.2) is 0 Å². The molecule has 2 aliphatic rings. The molecule has 4 aromatic rings. The second-order valence-electron chi connectivity index (χ2n) is 10.4. The number of likely N-dealkylation sites (N-methyl/N-ethyl adjacent to an activating group) is 1. The molecule has 0 spiro atoms. The minimum atomic E-state index is -0.561. The van der Waals surface area contributed by atoms with Crippen molar-refractivity contribution in [2.24, 2.45) is 0 Å². The van der Waals surface area contributed by atoms with Crippen LogP contribution in [-0.2, 0) is 11.3 Å². The summed E-state index contributed by atoms with van der Waals surface area (Å²) >= 11 is 0. The lowest BCUT2D eigenvalue weighted by molar-refractivity contribution is 0.0332. The van der Waals surface area contributed by atoms with Gasteiger partial charge in [0, 0.05) is 62.5 Å². The van der Waals surface area contributed by atoms with Crippen LogP contribution in [-0.4, -0.2) is 86.4 Å². The fourth-order valence-corrected chi connectivity index (χ4v) is 5.44. The fraction of sp³-hybridized carbons (Fsp3) is 0.355. The molecule has 3 aromatic carbocycles. The van der Waals surface area contributed by atoms with E-state index in [-0.39, 0.29) is 12.1 Å². The Morgan fingerprint density at radius 2 is 1.65 bits per heavy atom. The molecule has 2 aliphatic heterocycles. The quantitative estimate of drug-likeness (QED) is 0.344. The zero-order chi connectivity index (χ0) is 27.6. The number of aromatic nitrogens is 2. The maximum Gasteiger partial charge on any atom is 0.142 e. The van der Waals surface area contributed by atoms with E-state index in [1.165, 1.54) is 12.1 Å². The molecule has 3 heterocycles. The average molecular weight is 546 g/mol. The normalized spacial score (nSPS) is 16.9. The number of benzene rings is 3. The van der Waals surface area contributed by atoms with Gasteiger partial charge in [-0.3, -0.25) is 9.88 Å². The summed E-state index contributed by atoms with van der Waals surface area (Å²) in [7, 11) is 3.81. The standard InChI is InChI=1S/C31H33F2N5O2/c1-36-8-10-38(11-9-36)29-18-21(6-7-30(29)39-2)28-19-34-27-5-3-4-23(31(27)35-28)22-16-25(32)24(26(33)17-22)20-37-12-14-40-15-13-37/h3-7,16-19H,8-15,20H2,1-2H3. The van der Waals surface area contributed by atoms with Crippen molar-refractivity contribution < 1.29 is 18.3 Å². The van der Waals surface area contributed by atoms with Crippen molar-refractivity contribution in [1.29, 1.82) is 0 Å². The summed E-state index contributed by atoms with van der Waals surface area (Å²) in [4.78, 5) is 16.3. The van der Waals surface area contributed by atoms with Crippen molar-refractivity contribution in [1.82, 2.24) is 19.8 Å². The zero-order valence-electron chi connectivity index (χ0n) is 22.9. The second-order valence-corrected chi connectivity index (χ2v) is 10.4. The molecule has 0 bridgehead atoms. The van der Waals surface area contributed by atoms with Crippen LogP contribution in [0.1, 0.15) is 5.56 Å². The van der Waals surface area contributed by atoms with Crippen LogP contribution in [0.3, 0.4) is 0 Å². The Morgan fingerprint density at radius 3 is 2.38 bits per heavy atom. The maximum absolute atomic E-state index is 15.3. The van der Waals surface area contributed by atoms with E-state index in [9.17, 15) is 0 Å². The first-order valence-corrected chi connectivity index (χ1v) is 13.7. The van der Waals surface area contributed by atoms with Crippen molar-refractivity contribution >= 4 is 16.7 Å². The lowest BCUT2D eigenvalue weighted by Crippen LogP contribution is -2.44. The van der Waals surface area contributed by atoms with Gasteiger partial charge < -0.3 is 19.3 Å². The van der Waals surface area contributed by atoms with Crippen LogP contribution < -0.4 is 9.64 Å². The predicted octanol–water partition coefficient (Wildman–Crippen LogP) is 4.83. The highest BCUT2D eigenvalue weighted by Gasteiger charge is 2.21. The van der Waals surface area contributed by atoms with Crippen LogP contribution in [0, 0.1) is 11.6 Å². The number of nitrogens with zero attached hydrogens (tertiary/aromatic N) is 5. The highest BCUT2D eigenvalue weighted by Crippen LogP contribution is 2.35. The molecule has 2 saturated heterocycles. The molecule has 0 aliphatic carbocycles. The molecule has 0 saturated carbocycles. The molecule has 208 valence electrons. The van der Waals surface area contributed by atoms with Crippen molar-refractivity contribution in [2.45, 2.75) is 6.54 Å². The number of morpholine rings is 1. The molecule has 1 aromatic heterocycles. The fourth-order valence-electron chi connectivity index (χ4n) is 5.44. The summed E-state index contributed by atoms with van der Waals surface area (Å²) in [5, 5.41) is 0. The third-order valence-corrected chi connectivity index (χ3v) is 7.83. The van der Waals surface area contributed by atoms with Crippen molar-refractivity contribution in [3.8, 4) is 28.1 Å². The second kappa shape index (κ2) is 11.4. The van der Waals surface area contributed by atoms with Crippen molar-refractivity contribution in [2.75, 3.05) is 71.5 Å². The van der Waals surface area contributed by atoms with Gasteiger partial charge in [-0.25, -0.2) is 13.8 Å². The van der Waals surface area contributed by atoms with Crippen molar-refractivity contribution in [3.05, 3.63) is 71.9 Å². The lowest BCUT2D eigenvalue weighted by atomic mass is 10.0. The highest BCUT2D eigenvalue weighted by atomic mass is 19.1. The molecule has 2 fully saturated rings. The Balaban J connectivity index is 1.36. The SMILES string of the molecule is COc1ccc(-c2cnc3cccc(-c4cc(F)c(CN5CCOCC5)c(F)c4)c3n2)cc1N1CCN(C)CC1. The monoisotopic (exact) mass is 545 g/mol. The Kier molecular flexibility index (Phi) is 7.60. The van der Waals surface area contributed by atoms with Gasteiger partial charge in [-0.15, -0.1) is 0 Å². The van der Waals surface area contributed by atoms with E-state index >= 15 is 8.78 Å². The molecule has 7 nitrogen and oxygen atoms in total. The minimum absolute atomic E-state index is 0.0762. The number of hydrogen-bond acceptors (Lipinski definition) is 7. The summed E-state index contributed by atoms with van der Waals surface area (Å²) in [5.74, 6) is -0.310. The maximum atomic E-state index is 15.3. The van der Waals surface area contributed by atoms with E-state index in [0.29, 0.717) is 54.2 Å². The van der Waals surface area contributed by atoms with Crippen LogP contribution in [0.2, 0.25) is 0 Å². The number of piperazine rings is 1. The number of ether oxygens (including phenoxy) is 2. The molecule has 0 amide bonds. The molecule has 0 atom stereocenters. The topological polar surface area (TPSA) is 54.0 Å². The van der Waals surface area contributed by atoms with Gasteiger partial charge in [0.2, 0.25) is 0 Å². The predicted molar refractivity (Wildman–Crippen MR) is 153 cm³/mol. The number of hydrogen-bond donors (Lipinski definition) is 0. The highest BCUT2D eigenvalue weighted by molar-refractivity contribution is 5.92. The number of fused-ring (bicyclic) bond motifs is 1. The van der Waals surface area contributed by atoms with E-state index in [4.69, 9.17) is 14.5 Å². The molecule has 6 rings (SSSR count). The summed E-state index contributed by atoms with van der Waals surface area (Å²) in [6.07, 6.45) is 1.74. The van der Waals surface area contributed by atoms with Crippen LogP contribution >= 0.6 is 0 Å². The van der Waals surface area contributed by atoms with E-state index in [2.05, 4.69) is 27.9 Å². The van der Waals surface area contributed by atoms with Crippen LogP contribution in [0.15, 0.2) is 54.7 Å². The number of methoxy groups -OCH3 is 1. The first kappa shape index (κ1) is 26.6. The molecule has 0 radical (unpaired) electrons. The molecule has 40 heavy (non-hydrogen) atoms. The average Bonchev–Trinajstić information content (AvgIpc) is 2.99. The van der Waals surface area contributed by atoms with E-state index in [1.54, 1.807) is 13.3 Å². The first-order valence-electron chi connectivity index (χ1n) is 13.7. The third-order valence-electron chi connectivity index (χ3n) is 7.83. The van der Waals surface area contributed by atoms with Gasteiger partial charge in [0.25, 0.3) is 0 Å². The van der Waals surface area contributed by atoms with E-state index in [0.717, 1.165) is 43.2 Å². The van der Waals surface area contributed by atoms with Gasteiger partial charge in [0.05, 0.1) is 48.9 Å². The first-order chi connectivity index (χ1) is 19.5. The minimum Gasteiger partial charge on any atom is -0.495 e. The van der Waals surface area contributed by atoms with Crippen molar-refractivity contribution in [3.63, 3.8) is 0 Å². The van der Waals surface area contributed by atoms with E-state index in [1.807, 2.05) is 35.2 Å². The smallest absolute Gasteiger partial charge is 0.142 e. The largest absolute Gasteiger partial charge is 0.495 e. The number of anilines is 1. The summed E-state index contributed by atoms with van der Waals surface area (Å²) < 4.78 is 41.5. The summed E-state index contributed by atoms with van der Waals surface area (Å²) in [6.45, 7) is 6.44. The zero-order valence-corrected chi connectivity index (χ0v) is 22.9. The number of para-hydroxylation sites is 1. The van der Waals surface area contributed by atoms with Gasteiger partial charge >= 0.3 is 0 Å². The summed E-state index contributed by atoms with van der Waals surface area (Å²) in [5.41, 5.74) is 5.00. The van der Waals surface area contributed by atoms with Gasteiger partial charge in [0.1, 0.15) is 17.4 Å². The molecular formula is C31H33F2N5O2. The van der Waals surface area contributed by atoms with E-state index < -0.39 is 11.6 Å². The molecule has 0 unspecified atom stereocenters. The Morgan fingerprint density at radius 1 is 0.900 bits per heavy atom. The van der Waals surface area contributed by atoms with Crippen LogP contribution in [0.4, 0.5) is 14.5 Å². The van der Waals surface area contributed by atoms with Gasteiger partial charge in [-0.2, -0.15) is 0 Å². The summed E-state index contributed by atoms with van der Waals surface area (Å²) in [6, 6.07) is 14.3.